The molecule has 74 valence electrons. The van der Waals surface area contributed by atoms with Crippen LogP contribution in [0.3, 0.4) is 0 Å². The Morgan fingerprint density at radius 2 is 1.93 bits per heavy atom. The fourth-order valence-electron chi connectivity index (χ4n) is 1.94. The zero-order chi connectivity index (χ0) is 10.3. The molecule has 2 heteroatoms. The molecule has 0 aliphatic rings. The monoisotopic (exact) mass is 189 g/mol. The molecule has 0 saturated carbocycles. The summed E-state index contributed by atoms with van der Waals surface area (Å²) in [4.78, 5) is 0. The third kappa shape index (κ3) is 1.15. The van der Waals surface area contributed by atoms with E-state index in [2.05, 4.69) is 26.8 Å². The Morgan fingerprint density at radius 1 is 1.21 bits per heavy atom. The van der Waals surface area contributed by atoms with E-state index in [0.717, 1.165) is 11.1 Å². The zero-order valence-electron chi connectivity index (χ0n) is 8.85. The van der Waals surface area contributed by atoms with E-state index in [0.29, 0.717) is 6.54 Å². The standard InChI is InChI=1S/C12H15NO/c1-7-4-8(2)11-10(5-13)6-14-12(11)9(7)3/h4,6H,5,13H2,1-3H3. The van der Waals surface area contributed by atoms with Gasteiger partial charge in [0.2, 0.25) is 0 Å². The number of rotatable bonds is 1. The van der Waals surface area contributed by atoms with Crippen molar-refractivity contribution in [3.05, 3.63) is 34.6 Å². The molecule has 0 unspecified atom stereocenters. The van der Waals surface area contributed by atoms with Crippen LogP contribution in [0.2, 0.25) is 0 Å². The summed E-state index contributed by atoms with van der Waals surface area (Å²) in [6.45, 7) is 6.83. The topological polar surface area (TPSA) is 39.2 Å². The average Bonchev–Trinajstić information content (AvgIpc) is 2.58. The molecule has 0 saturated heterocycles. The second-order valence-corrected chi connectivity index (χ2v) is 3.80. The van der Waals surface area contributed by atoms with Crippen LogP contribution in [0, 0.1) is 20.8 Å². The van der Waals surface area contributed by atoms with Gasteiger partial charge in [-0.05, 0) is 37.5 Å². The maximum Gasteiger partial charge on any atom is 0.137 e. The molecule has 0 aliphatic carbocycles. The smallest absolute Gasteiger partial charge is 0.137 e. The third-order valence-corrected chi connectivity index (χ3v) is 2.85. The lowest BCUT2D eigenvalue weighted by atomic mass is 10.0. The summed E-state index contributed by atoms with van der Waals surface area (Å²) in [7, 11) is 0. The molecule has 0 radical (unpaired) electrons. The lowest BCUT2D eigenvalue weighted by Crippen LogP contribution is -1.95. The molecular formula is C12H15NO. The SMILES string of the molecule is Cc1cc(C)c2c(CN)coc2c1C. The average molecular weight is 189 g/mol. The van der Waals surface area contributed by atoms with Crippen LogP contribution in [0.4, 0.5) is 0 Å². The van der Waals surface area contributed by atoms with Crippen molar-refractivity contribution < 1.29 is 4.42 Å². The van der Waals surface area contributed by atoms with Gasteiger partial charge in [0.1, 0.15) is 5.58 Å². The van der Waals surface area contributed by atoms with Crippen LogP contribution in [-0.2, 0) is 6.54 Å². The molecule has 0 bridgehead atoms. The van der Waals surface area contributed by atoms with E-state index in [-0.39, 0.29) is 0 Å². The summed E-state index contributed by atoms with van der Waals surface area (Å²) >= 11 is 0. The van der Waals surface area contributed by atoms with Gasteiger partial charge < -0.3 is 10.2 Å². The van der Waals surface area contributed by atoms with Crippen molar-refractivity contribution in [2.45, 2.75) is 27.3 Å². The van der Waals surface area contributed by atoms with Crippen LogP contribution >= 0.6 is 0 Å². The maximum absolute atomic E-state index is 5.66. The first kappa shape index (κ1) is 9.28. The van der Waals surface area contributed by atoms with Gasteiger partial charge in [0.25, 0.3) is 0 Å². The Bertz CT molecular complexity index is 483. The first-order valence-corrected chi connectivity index (χ1v) is 4.82. The number of aryl methyl sites for hydroxylation is 3. The van der Waals surface area contributed by atoms with Gasteiger partial charge in [-0.25, -0.2) is 0 Å². The minimum absolute atomic E-state index is 0.538. The van der Waals surface area contributed by atoms with E-state index in [9.17, 15) is 0 Å². The van der Waals surface area contributed by atoms with Crippen LogP contribution in [-0.4, -0.2) is 0 Å². The summed E-state index contributed by atoms with van der Waals surface area (Å²) < 4.78 is 5.55. The summed E-state index contributed by atoms with van der Waals surface area (Å²) in [6.07, 6.45) is 1.77. The van der Waals surface area contributed by atoms with E-state index in [1.54, 1.807) is 6.26 Å². The molecule has 0 atom stereocenters. The molecule has 0 aliphatic heterocycles. The van der Waals surface area contributed by atoms with Gasteiger partial charge >= 0.3 is 0 Å². The molecular weight excluding hydrogens is 174 g/mol. The molecule has 14 heavy (non-hydrogen) atoms. The van der Waals surface area contributed by atoms with Crippen molar-refractivity contribution in [2.75, 3.05) is 0 Å². The van der Waals surface area contributed by atoms with Gasteiger partial charge in [0, 0.05) is 17.5 Å². The number of hydrogen-bond acceptors (Lipinski definition) is 2. The summed E-state index contributed by atoms with van der Waals surface area (Å²) in [6, 6.07) is 2.19. The first-order valence-electron chi connectivity index (χ1n) is 4.82. The summed E-state index contributed by atoms with van der Waals surface area (Å²) in [5, 5.41) is 1.19. The summed E-state index contributed by atoms with van der Waals surface area (Å²) in [5.41, 5.74) is 11.5. The van der Waals surface area contributed by atoms with E-state index >= 15 is 0 Å². The molecule has 0 amide bonds. The van der Waals surface area contributed by atoms with Gasteiger partial charge in [-0.2, -0.15) is 0 Å². The lowest BCUT2D eigenvalue weighted by molar-refractivity contribution is 0.607. The van der Waals surface area contributed by atoms with Crippen molar-refractivity contribution in [2.24, 2.45) is 5.73 Å². The molecule has 2 nitrogen and oxygen atoms in total. The molecule has 2 aromatic rings. The number of nitrogens with two attached hydrogens (primary N) is 1. The minimum atomic E-state index is 0.538. The van der Waals surface area contributed by atoms with E-state index < -0.39 is 0 Å². The Balaban J connectivity index is 2.90. The van der Waals surface area contributed by atoms with Crippen LogP contribution in [0.5, 0.6) is 0 Å². The van der Waals surface area contributed by atoms with Crippen molar-refractivity contribution in [1.82, 2.24) is 0 Å². The first-order chi connectivity index (χ1) is 6.65. The Labute approximate surface area is 83.7 Å². The molecule has 1 heterocycles. The Morgan fingerprint density at radius 3 is 2.57 bits per heavy atom. The maximum atomic E-state index is 5.66. The molecule has 2 N–H and O–H groups in total. The highest BCUT2D eigenvalue weighted by atomic mass is 16.3. The fourth-order valence-corrected chi connectivity index (χ4v) is 1.94. The molecule has 0 fully saturated rings. The molecule has 0 spiro atoms. The van der Waals surface area contributed by atoms with Crippen molar-refractivity contribution >= 4 is 11.0 Å². The van der Waals surface area contributed by atoms with Gasteiger partial charge in [-0.3, -0.25) is 0 Å². The fraction of sp³-hybridized carbons (Fsp3) is 0.333. The number of furan rings is 1. The van der Waals surface area contributed by atoms with E-state index in [1.807, 2.05) is 0 Å². The third-order valence-electron chi connectivity index (χ3n) is 2.85. The van der Waals surface area contributed by atoms with Crippen LogP contribution < -0.4 is 5.73 Å². The predicted octanol–water partition coefficient (Wildman–Crippen LogP) is 2.82. The van der Waals surface area contributed by atoms with Gasteiger partial charge in [-0.15, -0.1) is 0 Å². The highest BCUT2D eigenvalue weighted by Gasteiger charge is 2.11. The van der Waals surface area contributed by atoms with Crippen LogP contribution in [0.25, 0.3) is 11.0 Å². The highest BCUT2D eigenvalue weighted by molar-refractivity contribution is 5.87. The van der Waals surface area contributed by atoms with Gasteiger partial charge in [0.15, 0.2) is 0 Å². The molecule has 1 aromatic carbocycles. The second-order valence-electron chi connectivity index (χ2n) is 3.80. The van der Waals surface area contributed by atoms with Gasteiger partial charge in [-0.1, -0.05) is 6.07 Å². The number of benzene rings is 1. The van der Waals surface area contributed by atoms with Crippen molar-refractivity contribution in [3.8, 4) is 0 Å². The Hall–Kier alpha value is -1.28. The normalized spacial score (nSPS) is 11.1. The minimum Gasteiger partial charge on any atom is -0.464 e. The van der Waals surface area contributed by atoms with Crippen molar-refractivity contribution in [3.63, 3.8) is 0 Å². The lowest BCUT2D eigenvalue weighted by Gasteiger charge is -2.04. The summed E-state index contributed by atoms with van der Waals surface area (Å²) in [5.74, 6) is 0. The number of fused-ring (bicyclic) bond motifs is 1. The van der Waals surface area contributed by atoms with Gasteiger partial charge in [0.05, 0.1) is 6.26 Å². The Kier molecular flexibility index (Phi) is 2.08. The molecule has 1 aromatic heterocycles. The predicted molar refractivity (Wildman–Crippen MR) is 58.3 cm³/mol. The second kappa shape index (κ2) is 3.14. The molecule has 2 rings (SSSR count). The quantitative estimate of drug-likeness (QED) is 0.749. The number of hydrogen-bond donors (Lipinski definition) is 1. The highest BCUT2D eigenvalue weighted by Crippen LogP contribution is 2.29. The van der Waals surface area contributed by atoms with Crippen LogP contribution in [0.15, 0.2) is 16.7 Å². The van der Waals surface area contributed by atoms with Crippen LogP contribution in [0.1, 0.15) is 22.3 Å². The zero-order valence-corrected chi connectivity index (χ0v) is 8.85. The van der Waals surface area contributed by atoms with Crippen molar-refractivity contribution in [1.29, 1.82) is 0 Å². The largest absolute Gasteiger partial charge is 0.464 e. The van der Waals surface area contributed by atoms with E-state index in [1.165, 1.54) is 22.1 Å². The van der Waals surface area contributed by atoms with E-state index in [4.69, 9.17) is 10.2 Å².